The Morgan fingerprint density at radius 1 is 1.11 bits per heavy atom. The standard InChI is InChI=1S/C20H19N5O2/c26-17(12-11-14-7-3-1-4-8-14)21-19-23-20-22-18(27)13-16(25(20)24-19)15-9-5-2-6-10-15/h1-10,16H,11-13H2,(H2,21,22,23,24,26,27)/t16-/m0/s1. The first-order valence-electron chi connectivity index (χ1n) is 8.84. The number of carbonyl (C=O) groups excluding carboxylic acids is 2. The number of benzene rings is 2. The number of nitrogens with one attached hydrogen (secondary N) is 2. The third-order valence-corrected chi connectivity index (χ3v) is 4.48. The maximum absolute atomic E-state index is 12.2. The Morgan fingerprint density at radius 3 is 2.56 bits per heavy atom. The van der Waals surface area contributed by atoms with Gasteiger partial charge in [-0.15, -0.1) is 5.10 Å². The largest absolute Gasteiger partial charge is 0.295 e. The molecule has 0 saturated carbocycles. The molecule has 2 N–H and O–H groups in total. The van der Waals surface area contributed by atoms with Gasteiger partial charge in [0.15, 0.2) is 0 Å². The molecular formula is C20H19N5O2. The van der Waals surface area contributed by atoms with E-state index in [9.17, 15) is 9.59 Å². The van der Waals surface area contributed by atoms with Crippen LogP contribution in [0.4, 0.5) is 11.9 Å². The van der Waals surface area contributed by atoms with Gasteiger partial charge in [0, 0.05) is 6.42 Å². The highest BCUT2D eigenvalue weighted by Crippen LogP contribution is 2.29. The molecule has 2 aromatic carbocycles. The minimum atomic E-state index is -0.238. The highest BCUT2D eigenvalue weighted by molar-refractivity contribution is 5.92. The summed E-state index contributed by atoms with van der Waals surface area (Å²) in [5, 5.41) is 9.83. The van der Waals surface area contributed by atoms with E-state index in [1.807, 2.05) is 60.7 Å². The monoisotopic (exact) mass is 361 g/mol. The summed E-state index contributed by atoms with van der Waals surface area (Å²) < 4.78 is 1.66. The van der Waals surface area contributed by atoms with Crippen LogP contribution in [0.5, 0.6) is 0 Å². The topological polar surface area (TPSA) is 88.9 Å². The fraction of sp³-hybridized carbons (Fsp3) is 0.200. The molecule has 0 spiro atoms. The molecule has 0 unspecified atom stereocenters. The molecular weight excluding hydrogens is 342 g/mol. The zero-order chi connectivity index (χ0) is 18.6. The summed E-state index contributed by atoms with van der Waals surface area (Å²) in [5.41, 5.74) is 2.07. The van der Waals surface area contributed by atoms with Gasteiger partial charge in [-0.3, -0.25) is 20.2 Å². The number of anilines is 2. The van der Waals surface area contributed by atoms with Crippen LogP contribution in [0.1, 0.15) is 30.0 Å². The minimum absolute atomic E-state index is 0.120. The van der Waals surface area contributed by atoms with Gasteiger partial charge in [0.2, 0.25) is 17.8 Å². The molecule has 0 saturated heterocycles. The predicted octanol–water partition coefficient (Wildman–Crippen LogP) is 2.78. The first kappa shape index (κ1) is 17.0. The van der Waals surface area contributed by atoms with Crippen LogP contribution in [0, 0.1) is 0 Å². The number of aromatic nitrogens is 3. The number of rotatable bonds is 5. The second-order valence-electron chi connectivity index (χ2n) is 6.42. The molecule has 0 bridgehead atoms. The summed E-state index contributed by atoms with van der Waals surface area (Å²) in [4.78, 5) is 28.5. The van der Waals surface area contributed by atoms with Crippen LogP contribution in [-0.4, -0.2) is 26.6 Å². The molecule has 2 heterocycles. The summed E-state index contributed by atoms with van der Waals surface area (Å²) in [5.74, 6) is 0.264. The predicted molar refractivity (Wildman–Crippen MR) is 101 cm³/mol. The van der Waals surface area contributed by atoms with Crippen molar-refractivity contribution in [3.63, 3.8) is 0 Å². The van der Waals surface area contributed by atoms with Crippen molar-refractivity contribution in [3.05, 3.63) is 71.8 Å². The Hall–Kier alpha value is -3.48. The highest BCUT2D eigenvalue weighted by Gasteiger charge is 2.29. The molecule has 4 rings (SSSR count). The van der Waals surface area contributed by atoms with Gasteiger partial charge < -0.3 is 0 Å². The number of amides is 2. The molecule has 7 nitrogen and oxygen atoms in total. The van der Waals surface area contributed by atoms with Crippen LogP contribution >= 0.6 is 0 Å². The quantitative estimate of drug-likeness (QED) is 0.731. The van der Waals surface area contributed by atoms with E-state index >= 15 is 0 Å². The number of fused-ring (bicyclic) bond motifs is 1. The third kappa shape index (κ3) is 3.87. The molecule has 0 fully saturated rings. The lowest BCUT2D eigenvalue weighted by molar-refractivity contribution is -0.117. The Morgan fingerprint density at radius 2 is 1.81 bits per heavy atom. The van der Waals surface area contributed by atoms with Crippen molar-refractivity contribution in [2.75, 3.05) is 10.6 Å². The smallest absolute Gasteiger partial charge is 0.250 e. The van der Waals surface area contributed by atoms with Crippen molar-refractivity contribution in [3.8, 4) is 0 Å². The van der Waals surface area contributed by atoms with Crippen LogP contribution in [-0.2, 0) is 16.0 Å². The molecule has 0 aliphatic carbocycles. The number of carbonyl (C=O) groups is 2. The van der Waals surface area contributed by atoms with E-state index in [4.69, 9.17) is 0 Å². The number of aryl methyl sites for hydroxylation is 1. The van der Waals surface area contributed by atoms with E-state index < -0.39 is 0 Å². The summed E-state index contributed by atoms with van der Waals surface area (Å²) in [6.07, 6.45) is 1.26. The van der Waals surface area contributed by atoms with Gasteiger partial charge in [-0.05, 0) is 17.5 Å². The van der Waals surface area contributed by atoms with Crippen molar-refractivity contribution < 1.29 is 9.59 Å². The zero-order valence-electron chi connectivity index (χ0n) is 14.6. The molecule has 136 valence electrons. The van der Waals surface area contributed by atoms with Gasteiger partial charge in [0.25, 0.3) is 5.95 Å². The van der Waals surface area contributed by atoms with Gasteiger partial charge in [0.1, 0.15) is 0 Å². The second kappa shape index (κ2) is 7.41. The summed E-state index contributed by atoms with van der Waals surface area (Å²) in [7, 11) is 0. The van der Waals surface area contributed by atoms with E-state index in [-0.39, 0.29) is 30.2 Å². The van der Waals surface area contributed by atoms with Crippen LogP contribution in [0.25, 0.3) is 0 Å². The van der Waals surface area contributed by atoms with E-state index in [1.165, 1.54) is 0 Å². The van der Waals surface area contributed by atoms with Crippen molar-refractivity contribution in [1.82, 2.24) is 14.8 Å². The molecule has 1 aromatic heterocycles. The normalized spacial score (nSPS) is 15.7. The van der Waals surface area contributed by atoms with E-state index in [1.54, 1.807) is 4.68 Å². The van der Waals surface area contributed by atoms with E-state index in [0.717, 1.165) is 11.1 Å². The van der Waals surface area contributed by atoms with Crippen molar-refractivity contribution in [2.45, 2.75) is 25.3 Å². The van der Waals surface area contributed by atoms with E-state index in [0.29, 0.717) is 18.8 Å². The van der Waals surface area contributed by atoms with Gasteiger partial charge >= 0.3 is 0 Å². The third-order valence-electron chi connectivity index (χ3n) is 4.48. The molecule has 3 aromatic rings. The van der Waals surface area contributed by atoms with E-state index in [2.05, 4.69) is 20.7 Å². The fourth-order valence-corrected chi connectivity index (χ4v) is 3.14. The van der Waals surface area contributed by atoms with Crippen molar-refractivity contribution in [1.29, 1.82) is 0 Å². The van der Waals surface area contributed by atoms with Gasteiger partial charge in [-0.2, -0.15) is 4.98 Å². The Balaban J connectivity index is 1.48. The lowest BCUT2D eigenvalue weighted by Crippen LogP contribution is -2.29. The van der Waals surface area contributed by atoms with Crippen LogP contribution in [0.15, 0.2) is 60.7 Å². The van der Waals surface area contributed by atoms with Crippen molar-refractivity contribution >= 4 is 23.7 Å². The number of hydrogen-bond donors (Lipinski definition) is 2. The molecule has 27 heavy (non-hydrogen) atoms. The molecule has 1 atom stereocenters. The van der Waals surface area contributed by atoms with Crippen molar-refractivity contribution in [2.24, 2.45) is 0 Å². The summed E-state index contributed by atoms with van der Waals surface area (Å²) >= 11 is 0. The number of hydrogen-bond acceptors (Lipinski definition) is 4. The average molecular weight is 361 g/mol. The second-order valence-corrected chi connectivity index (χ2v) is 6.42. The summed E-state index contributed by atoms with van der Waals surface area (Å²) in [6, 6.07) is 19.2. The number of nitrogens with zero attached hydrogens (tertiary/aromatic N) is 3. The SMILES string of the molecule is O=C(CCc1ccccc1)Nc1nc2n(n1)[C@H](c1ccccc1)CC(=O)N2. The Bertz CT molecular complexity index is 953. The molecule has 1 aliphatic rings. The lowest BCUT2D eigenvalue weighted by Gasteiger charge is -2.23. The minimum Gasteiger partial charge on any atom is -0.295 e. The maximum atomic E-state index is 12.2. The molecule has 1 aliphatic heterocycles. The first-order valence-corrected chi connectivity index (χ1v) is 8.84. The first-order chi connectivity index (χ1) is 13.2. The highest BCUT2D eigenvalue weighted by atomic mass is 16.2. The lowest BCUT2D eigenvalue weighted by atomic mass is 10.0. The van der Waals surface area contributed by atoms with Gasteiger partial charge in [-0.1, -0.05) is 60.7 Å². The zero-order valence-corrected chi connectivity index (χ0v) is 14.6. The molecule has 7 heteroatoms. The van der Waals surface area contributed by atoms with Crippen LogP contribution in [0.2, 0.25) is 0 Å². The van der Waals surface area contributed by atoms with Gasteiger partial charge in [0.05, 0.1) is 12.5 Å². The maximum Gasteiger partial charge on any atom is 0.250 e. The fourth-order valence-electron chi connectivity index (χ4n) is 3.14. The molecule has 2 amide bonds. The molecule has 0 radical (unpaired) electrons. The Labute approximate surface area is 156 Å². The van der Waals surface area contributed by atoms with Gasteiger partial charge in [-0.25, -0.2) is 4.68 Å². The Kier molecular flexibility index (Phi) is 4.65. The van der Waals surface area contributed by atoms with Crippen LogP contribution in [0.3, 0.4) is 0 Å². The average Bonchev–Trinajstić information content (AvgIpc) is 3.09. The van der Waals surface area contributed by atoms with Crippen LogP contribution < -0.4 is 10.6 Å². The summed E-state index contributed by atoms with van der Waals surface area (Å²) in [6.45, 7) is 0.